The summed E-state index contributed by atoms with van der Waals surface area (Å²) < 4.78 is 5.12. The topological polar surface area (TPSA) is 91.7 Å². The molecule has 0 saturated carbocycles. The number of carbonyl (C=O) groups excluding carboxylic acids is 3. The van der Waals surface area contributed by atoms with E-state index < -0.39 is 11.8 Å². The molecule has 2 aliphatic rings. The molecule has 0 spiro atoms. The van der Waals surface area contributed by atoms with E-state index in [-0.39, 0.29) is 18.4 Å². The summed E-state index contributed by atoms with van der Waals surface area (Å²) in [6.45, 7) is 2.76. The number of hydrogen-bond acceptors (Lipinski definition) is 4. The number of aryl methyl sites for hydroxylation is 1. The fourth-order valence-corrected chi connectivity index (χ4v) is 3.62. The van der Waals surface area contributed by atoms with Gasteiger partial charge >= 0.3 is 11.8 Å². The highest BCUT2D eigenvalue weighted by Crippen LogP contribution is 2.44. The standard InChI is InChI=1S/C19H19N3O4/c1-11-15-9-13(8-12-4-2-6-22(16(12)15)19(11)25)21-18(24)17(23)20-10-14-5-3-7-26-14/h3,5,7-9,11H,2,4,6,10H2,1H3,(H,20,23)(H,21,24). The molecule has 1 atom stereocenters. The van der Waals surface area contributed by atoms with Crippen LogP contribution in [0.3, 0.4) is 0 Å². The molecule has 3 heterocycles. The van der Waals surface area contributed by atoms with Crippen molar-refractivity contribution in [2.24, 2.45) is 0 Å². The number of nitrogens with one attached hydrogen (secondary N) is 2. The first kappa shape index (κ1) is 16.4. The third-order valence-electron chi connectivity index (χ3n) is 4.89. The number of rotatable bonds is 3. The van der Waals surface area contributed by atoms with Gasteiger partial charge in [-0.2, -0.15) is 0 Å². The van der Waals surface area contributed by atoms with Gasteiger partial charge in [-0.15, -0.1) is 0 Å². The number of anilines is 2. The van der Waals surface area contributed by atoms with Crippen LogP contribution in [-0.2, 0) is 27.3 Å². The minimum absolute atomic E-state index is 0.0978. The maximum Gasteiger partial charge on any atom is 0.313 e. The molecule has 0 aliphatic carbocycles. The van der Waals surface area contributed by atoms with Crippen LogP contribution < -0.4 is 15.5 Å². The van der Waals surface area contributed by atoms with Crippen molar-refractivity contribution in [3.05, 3.63) is 47.4 Å². The molecule has 0 fully saturated rings. The molecular weight excluding hydrogens is 334 g/mol. The van der Waals surface area contributed by atoms with E-state index in [1.165, 1.54) is 6.26 Å². The predicted molar refractivity (Wildman–Crippen MR) is 94.7 cm³/mol. The third kappa shape index (κ3) is 2.75. The predicted octanol–water partition coefficient (Wildman–Crippen LogP) is 1.93. The molecule has 2 aliphatic heterocycles. The SMILES string of the molecule is CC1C(=O)N2CCCc3cc(NC(=O)C(=O)NCc4ccco4)cc1c32. The van der Waals surface area contributed by atoms with E-state index in [1.54, 1.807) is 18.2 Å². The van der Waals surface area contributed by atoms with Crippen molar-refractivity contribution in [3.63, 3.8) is 0 Å². The Bertz CT molecular complexity index is 888. The molecule has 26 heavy (non-hydrogen) atoms. The number of furan rings is 1. The Labute approximate surface area is 150 Å². The Morgan fingerprint density at radius 3 is 2.92 bits per heavy atom. The monoisotopic (exact) mass is 353 g/mol. The fourth-order valence-electron chi connectivity index (χ4n) is 3.62. The largest absolute Gasteiger partial charge is 0.467 e. The zero-order chi connectivity index (χ0) is 18.3. The Morgan fingerprint density at radius 1 is 1.31 bits per heavy atom. The Morgan fingerprint density at radius 2 is 2.15 bits per heavy atom. The molecule has 7 heteroatoms. The second-order valence-corrected chi connectivity index (χ2v) is 6.60. The van der Waals surface area contributed by atoms with E-state index in [9.17, 15) is 14.4 Å². The number of amides is 3. The summed E-state index contributed by atoms with van der Waals surface area (Å²) in [4.78, 5) is 38.4. The highest BCUT2D eigenvalue weighted by atomic mass is 16.3. The number of benzene rings is 1. The van der Waals surface area contributed by atoms with Gasteiger partial charge in [-0.3, -0.25) is 14.4 Å². The van der Waals surface area contributed by atoms with E-state index in [2.05, 4.69) is 10.6 Å². The molecule has 1 aromatic carbocycles. The first-order chi connectivity index (χ1) is 12.5. The van der Waals surface area contributed by atoms with Crippen molar-refractivity contribution in [1.29, 1.82) is 0 Å². The van der Waals surface area contributed by atoms with Crippen LogP contribution in [0, 0.1) is 0 Å². The molecule has 2 aromatic rings. The summed E-state index contributed by atoms with van der Waals surface area (Å²) >= 11 is 0. The van der Waals surface area contributed by atoms with E-state index in [0.717, 1.165) is 36.2 Å². The summed E-state index contributed by atoms with van der Waals surface area (Å²) in [5.41, 5.74) is 3.48. The van der Waals surface area contributed by atoms with E-state index in [0.29, 0.717) is 11.4 Å². The Balaban J connectivity index is 1.50. The van der Waals surface area contributed by atoms with Crippen molar-refractivity contribution in [2.75, 3.05) is 16.8 Å². The van der Waals surface area contributed by atoms with Crippen LogP contribution in [0.2, 0.25) is 0 Å². The minimum atomic E-state index is -0.742. The lowest BCUT2D eigenvalue weighted by Gasteiger charge is -2.26. The summed E-state index contributed by atoms with van der Waals surface area (Å²) in [5, 5.41) is 5.15. The molecule has 134 valence electrons. The molecule has 2 N–H and O–H groups in total. The smallest absolute Gasteiger partial charge is 0.313 e. The van der Waals surface area contributed by atoms with Gasteiger partial charge < -0.3 is 20.0 Å². The van der Waals surface area contributed by atoms with Gasteiger partial charge in [0, 0.05) is 12.2 Å². The number of carbonyl (C=O) groups is 3. The Kier molecular flexibility index (Phi) is 3.99. The lowest BCUT2D eigenvalue weighted by molar-refractivity contribution is -0.136. The van der Waals surface area contributed by atoms with Gasteiger partial charge in [0.15, 0.2) is 0 Å². The first-order valence-electron chi connectivity index (χ1n) is 8.64. The first-order valence-corrected chi connectivity index (χ1v) is 8.64. The zero-order valence-electron chi connectivity index (χ0n) is 14.4. The van der Waals surface area contributed by atoms with Gasteiger partial charge in [-0.05, 0) is 55.2 Å². The molecule has 4 rings (SSSR count). The zero-order valence-corrected chi connectivity index (χ0v) is 14.4. The highest BCUT2D eigenvalue weighted by molar-refractivity contribution is 6.39. The average molecular weight is 353 g/mol. The third-order valence-corrected chi connectivity index (χ3v) is 4.89. The van der Waals surface area contributed by atoms with Gasteiger partial charge in [0.25, 0.3) is 0 Å². The van der Waals surface area contributed by atoms with E-state index in [4.69, 9.17) is 4.42 Å². The van der Waals surface area contributed by atoms with Crippen LogP contribution in [0.5, 0.6) is 0 Å². The Hall–Kier alpha value is -3.09. The van der Waals surface area contributed by atoms with Crippen LogP contribution in [0.1, 0.15) is 36.1 Å². The molecule has 0 radical (unpaired) electrons. The summed E-state index contributed by atoms with van der Waals surface area (Å²) in [5.74, 6) is -1.04. The molecular formula is C19H19N3O4. The van der Waals surface area contributed by atoms with Gasteiger partial charge in [-0.25, -0.2) is 0 Å². The van der Waals surface area contributed by atoms with Crippen molar-refractivity contribution >= 4 is 29.1 Å². The van der Waals surface area contributed by atoms with Crippen LogP contribution in [0.4, 0.5) is 11.4 Å². The summed E-state index contributed by atoms with van der Waals surface area (Å²) in [6, 6.07) is 7.08. The molecule has 0 saturated heterocycles. The van der Waals surface area contributed by atoms with E-state index >= 15 is 0 Å². The average Bonchev–Trinajstić information content (AvgIpc) is 3.24. The quantitative estimate of drug-likeness (QED) is 0.825. The highest BCUT2D eigenvalue weighted by Gasteiger charge is 2.38. The van der Waals surface area contributed by atoms with Gasteiger partial charge in [0.2, 0.25) is 5.91 Å². The maximum absolute atomic E-state index is 12.4. The van der Waals surface area contributed by atoms with Crippen molar-refractivity contribution in [3.8, 4) is 0 Å². The second kappa shape index (κ2) is 6.33. The molecule has 3 amide bonds. The van der Waals surface area contributed by atoms with Gasteiger partial charge in [-0.1, -0.05) is 0 Å². The van der Waals surface area contributed by atoms with Crippen LogP contribution in [0.15, 0.2) is 34.9 Å². The molecule has 1 unspecified atom stereocenters. The summed E-state index contributed by atoms with van der Waals surface area (Å²) in [7, 11) is 0. The molecule has 7 nitrogen and oxygen atoms in total. The van der Waals surface area contributed by atoms with Crippen molar-refractivity contribution < 1.29 is 18.8 Å². The molecule has 1 aromatic heterocycles. The maximum atomic E-state index is 12.4. The van der Waals surface area contributed by atoms with E-state index in [1.807, 2.05) is 17.9 Å². The van der Waals surface area contributed by atoms with Crippen molar-refractivity contribution in [2.45, 2.75) is 32.2 Å². The van der Waals surface area contributed by atoms with Gasteiger partial charge in [0.1, 0.15) is 5.76 Å². The number of nitrogens with zero attached hydrogens (tertiary/aromatic N) is 1. The summed E-state index contributed by atoms with van der Waals surface area (Å²) in [6.07, 6.45) is 3.25. The fraction of sp³-hybridized carbons (Fsp3) is 0.316. The van der Waals surface area contributed by atoms with Crippen LogP contribution in [-0.4, -0.2) is 24.3 Å². The number of hydrogen-bond donors (Lipinski definition) is 2. The van der Waals surface area contributed by atoms with Crippen LogP contribution >= 0.6 is 0 Å². The minimum Gasteiger partial charge on any atom is -0.467 e. The van der Waals surface area contributed by atoms with Crippen LogP contribution in [0.25, 0.3) is 0 Å². The molecule has 0 bridgehead atoms. The lowest BCUT2D eigenvalue weighted by Crippen LogP contribution is -2.35. The van der Waals surface area contributed by atoms with Gasteiger partial charge in [0.05, 0.1) is 24.4 Å². The lowest BCUT2D eigenvalue weighted by atomic mass is 9.96. The van der Waals surface area contributed by atoms with Crippen molar-refractivity contribution in [1.82, 2.24) is 5.32 Å². The second-order valence-electron chi connectivity index (χ2n) is 6.60. The normalized spacial score (nSPS) is 17.8.